The Kier molecular flexibility index (Phi) is 2.46. The molecule has 2 fully saturated rings. The van der Waals surface area contributed by atoms with E-state index in [-0.39, 0.29) is 6.61 Å². The molecule has 0 aromatic carbocycles. The molecule has 4 nitrogen and oxygen atoms in total. The van der Waals surface area contributed by atoms with Crippen molar-refractivity contribution >= 4 is 0 Å². The van der Waals surface area contributed by atoms with Crippen LogP contribution in [0.5, 0.6) is 0 Å². The standard InChI is InChI=1S/C12H19N3O/c1-2-15-11(7-16)13-14-12(15)10-6-8-3-4-9(10)5-8/h8-10,16H,2-7H2,1H3. The van der Waals surface area contributed by atoms with Gasteiger partial charge in [-0.1, -0.05) is 6.42 Å². The average Bonchev–Trinajstić information content (AvgIpc) is 3.01. The van der Waals surface area contributed by atoms with Crippen LogP contribution in [0.25, 0.3) is 0 Å². The van der Waals surface area contributed by atoms with Gasteiger partial charge in [-0.05, 0) is 38.0 Å². The molecule has 0 saturated heterocycles. The Balaban J connectivity index is 1.91. The molecule has 0 amide bonds. The summed E-state index contributed by atoms with van der Waals surface area (Å²) in [6.45, 7) is 2.97. The van der Waals surface area contributed by atoms with E-state index >= 15 is 0 Å². The zero-order valence-corrected chi connectivity index (χ0v) is 9.76. The molecular weight excluding hydrogens is 202 g/mol. The van der Waals surface area contributed by atoms with Gasteiger partial charge in [0.05, 0.1) is 0 Å². The lowest BCUT2D eigenvalue weighted by atomic mass is 9.88. The van der Waals surface area contributed by atoms with Gasteiger partial charge in [0, 0.05) is 12.5 Å². The van der Waals surface area contributed by atoms with E-state index in [2.05, 4.69) is 21.7 Å². The average molecular weight is 221 g/mol. The molecule has 88 valence electrons. The van der Waals surface area contributed by atoms with E-state index in [9.17, 15) is 5.11 Å². The zero-order chi connectivity index (χ0) is 11.1. The Morgan fingerprint density at radius 2 is 2.19 bits per heavy atom. The summed E-state index contributed by atoms with van der Waals surface area (Å²) >= 11 is 0. The minimum atomic E-state index is 0.00164. The highest BCUT2D eigenvalue weighted by molar-refractivity contribution is 5.09. The van der Waals surface area contributed by atoms with Crippen molar-refractivity contribution in [3.05, 3.63) is 11.6 Å². The number of rotatable bonds is 3. The number of nitrogens with zero attached hydrogens (tertiary/aromatic N) is 3. The van der Waals surface area contributed by atoms with E-state index < -0.39 is 0 Å². The number of hydrogen-bond donors (Lipinski definition) is 1. The fourth-order valence-corrected chi connectivity index (χ4v) is 3.65. The summed E-state index contributed by atoms with van der Waals surface area (Å²) in [5.41, 5.74) is 0. The molecule has 1 N–H and O–H groups in total. The van der Waals surface area contributed by atoms with Crippen molar-refractivity contribution in [2.24, 2.45) is 11.8 Å². The quantitative estimate of drug-likeness (QED) is 0.845. The lowest BCUT2D eigenvalue weighted by Crippen LogP contribution is -2.15. The van der Waals surface area contributed by atoms with E-state index in [0.717, 1.165) is 30.0 Å². The predicted octanol–water partition coefficient (Wildman–Crippen LogP) is 1.69. The maximum atomic E-state index is 9.21. The molecule has 0 aliphatic heterocycles. The summed E-state index contributed by atoms with van der Waals surface area (Å²) in [6.07, 6.45) is 5.44. The molecule has 2 aliphatic rings. The third-order valence-electron chi connectivity index (χ3n) is 4.38. The van der Waals surface area contributed by atoms with Crippen molar-refractivity contribution in [3.8, 4) is 0 Å². The van der Waals surface area contributed by atoms with Crippen molar-refractivity contribution in [2.75, 3.05) is 0 Å². The topological polar surface area (TPSA) is 50.9 Å². The largest absolute Gasteiger partial charge is 0.388 e. The Labute approximate surface area is 95.7 Å². The van der Waals surface area contributed by atoms with Crippen LogP contribution in [-0.4, -0.2) is 19.9 Å². The summed E-state index contributed by atoms with van der Waals surface area (Å²) in [6, 6.07) is 0. The van der Waals surface area contributed by atoms with Crippen LogP contribution in [-0.2, 0) is 13.2 Å². The maximum Gasteiger partial charge on any atom is 0.158 e. The molecule has 1 aromatic heterocycles. The summed E-state index contributed by atoms with van der Waals surface area (Å²) in [4.78, 5) is 0. The van der Waals surface area contributed by atoms with Crippen LogP contribution in [0.1, 0.15) is 50.2 Å². The molecule has 4 heteroatoms. The number of aliphatic hydroxyl groups is 1. The molecule has 2 bridgehead atoms. The first-order valence-electron chi connectivity index (χ1n) is 6.36. The van der Waals surface area contributed by atoms with Crippen LogP contribution >= 0.6 is 0 Å². The molecule has 3 rings (SSSR count). The summed E-state index contributed by atoms with van der Waals surface area (Å²) in [5, 5.41) is 17.6. The van der Waals surface area contributed by atoms with Crippen molar-refractivity contribution in [1.29, 1.82) is 0 Å². The molecule has 1 aromatic rings. The summed E-state index contributed by atoms with van der Waals surface area (Å²) < 4.78 is 2.10. The molecule has 0 radical (unpaired) electrons. The van der Waals surface area contributed by atoms with Gasteiger partial charge in [-0.2, -0.15) is 0 Å². The highest BCUT2D eigenvalue weighted by Gasteiger charge is 2.42. The zero-order valence-electron chi connectivity index (χ0n) is 9.76. The van der Waals surface area contributed by atoms with Crippen LogP contribution in [0.15, 0.2) is 0 Å². The van der Waals surface area contributed by atoms with Gasteiger partial charge in [0.15, 0.2) is 5.82 Å². The highest BCUT2D eigenvalue weighted by Crippen LogP contribution is 2.52. The van der Waals surface area contributed by atoms with E-state index in [1.807, 2.05) is 0 Å². The summed E-state index contributed by atoms with van der Waals surface area (Å²) in [7, 11) is 0. The maximum absolute atomic E-state index is 9.21. The van der Waals surface area contributed by atoms with Crippen molar-refractivity contribution in [3.63, 3.8) is 0 Å². The first kappa shape index (κ1) is 10.3. The minimum Gasteiger partial charge on any atom is -0.388 e. The molecule has 1 heterocycles. The molecular formula is C12H19N3O. The highest BCUT2D eigenvalue weighted by atomic mass is 16.3. The van der Waals surface area contributed by atoms with Crippen LogP contribution in [0.3, 0.4) is 0 Å². The summed E-state index contributed by atoms with van der Waals surface area (Å²) in [5.74, 6) is 4.20. The lowest BCUT2D eigenvalue weighted by Gasteiger charge is -2.21. The fourth-order valence-electron chi connectivity index (χ4n) is 3.65. The first-order valence-corrected chi connectivity index (χ1v) is 6.36. The molecule has 2 saturated carbocycles. The van der Waals surface area contributed by atoms with Gasteiger partial charge in [0.2, 0.25) is 0 Å². The fraction of sp³-hybridized carbons (Fsp3) is 0.833. The van der Waals surface area contributed by atoms with Gasteiger partial charge in [-0.3, -0.25) is 0 Å². The second-order valence-electron chi connectivity index (χ2n) is 5.16. The Bertz CT molecular complexity index is 388. The monoisotopic (exact) mass is 221 g/mol. The van der Waals surface area contributed by atoms with Crippen molar-refractivity contribution in [1.82, 2.24) is 14.8 Å². The molecule has 3 atom stereocenters. The van der Waals surface area contributed by atoms with E-state index in [4.69, 9.17) is 0 Å². The van der Waals surface area contributed by atoms with Crippen LogP contribution in [0.2, 0.25) is 0 Å². The third-order valence-corrected chi connectivity index (χ3v) is 4.38. The van der Waals surface area contributed by atoms with Crippen molar-refractivity contribution < 1.29 is 5.11 Å². The van der Waals surface area contributed by atoms with E-state index in [1.54, 1.807) is 0 Å². The van der Waals surface area contributed by atoms with Gasteiger partial charge in [0.1, 0.15) is 12.4 Å². The number of fused-ring (bicyclic) bond motifs is 2. The number of aromatic nitrogens is 3. The molecule has 3 unspecified atom stereocenters. The van der Waals surface area contributed by atoms with Crippen LogP contribution in [0.4, 0.5) is 0 Å². The molecule has 0 spiro atoms. The van der Waals surface area contributed by atoms with Crippen LogP contribution in [0, 0.1) is 11.8 Å². The SMILES string of the molecule is CCn1c(CO)nnc1C1CC2CCC1C2. The van der Waals surface area contributed by atoms with Gasteiger partial charge < -0.3 is 9.67 Å². The number of aliphatic hydroxyl groups excluding tert-OH is 1. The molecule has 2 aliphatic carbocycles. The first-order chi connectivity index (χ1) is 7.83. The Hall–Kier alpha value is -0.900. The number of hydrogen-bond acceptors (Lipinski definition) is 3. The van der Waals surface area contributed by atoms with E-state index in [1.165, 1.54) is 25.7 Å². The lowest BCUT2D eigenvalue weighted by molar-refractivity contribution is 0.263. The minimum absolute atomic E-state index is 0.00164. The van der Waals surface area contributed by atoms with Crippen LogP contribution < -0.4 is 0 Å². The third kappa shape index (κ3) is 1.39. The van der Waals surface area contributed by atoms with Crippen molar-refractivity contribution in [2.45, 2.75) is 51.7 Å². The van der Waals surface area contributed by atoms with Gasteiger partial charge in [-0.25, -0.2) is 0 Å². The normalized spacial score (nSPS) is 32.5. The Morgan fingerprint density at radius 3 is 2.75 bits per heavy atom. The second-order valence-corrected chi connectivity index (χ2v) is 5.16. The predicted molar refractivity (Wildman–Crippen MR) is 59.8 cm³/mol. The second kappa shape index (κ2) is 3.84. The Morgan fingerprint density at radius 1 is 1.31 bits per heavy atom. The van der Waals surface area contributed by atoms with Gasteiger partial charge in [0.25, 0.3) is 0 Å². The van der Waals surface area contributed by atoms with Gasteiger partial charge in [-0.15, -0.1) is 10.2 Å². The van der Waals surface area contributed by atoms with E-state index in [0.29, 0.717) is 5.92 Å². The smallest absolute Gasteiger partial charge is 0.158 e. The molecule has 16 heavy (non-hydrogen) atoms. The van der Waals surface area contributed by atoms with Gasteiger partial charge >= 0.3 is 0 Å².